The third kappa shape index (κ3) is 2.54. The average molecular weight is 259 g/mol. The van der Waals surface area contributed by atoms with Crippen LogP contribution in [0, 0.1) is 12.8 Å². The summed E-state index contributed by atoms with van der Waals surface area (Å²) in [6, 6.07) is -0.183. The van der Waals surface area contributed by atoms with Gasteiger partial charge in [0.25, 0.3) is 0 Å². The molecule has 1 heterocycles. The van der Waals surface area contributed by atoms with E-state index in [-0.39, 0.29) is 30.8 Å². The van der Waals surface area contributed by atoms with Gasteiger partial charge in [0.15, 0.2) is 0 Å². The quantitative estimate of drug-likeness (QED) is 0.773. The van der Waals surface area contributed by atoms with Gasteiger partial charge >= 0.3 is 0 Å². The molecule has 1 saturated carbocycles. The van der Waals surface area contributed by atoms with Gasteiger partial charge in [-0.25, -0.2) is 0 Å². The molecule has 0 radical (unpaired) electrons. The summed E-state index contributed by atoms with van der Waals surface area (Å²) in [5, 5.41) is 19.2. The zero-order valence-corrected chi connectivity index (χ0v) is 10.7. The molecular formula is C12H19ClN2O2. The second-order valence-corrected chi connectivity index (χ2v) is 4.51. The Labute approximate surface area is 107 Å². The number of pyridine rings is 1. The van der Waals surface area contributed by atoms with Crippen molar-refractivity contribution in [2.45, 2.75) is 38.8 Å². The van der Waals surface area contributed by atoms with Gasteiger partial charge in [0.05, 0.1) is 12.3 Å². The molecule has 1 aliphatic carbocycles. The smallest absolute Gasteiger partial charge is 0.141 e. The van der Waals surface area contributed by atoms with Crippen molar-refractivity contribution < 1.29 is 10.2 Å². The third-order valence-electron chi connectivity index (χ3n) is 3.52. The van der Waals surface area contributed by atoms with Crippen LogP contribution in [0.2, 0.25) is 0 Å². The molecule has 17 heavy (non-hydrogen) atoms. The minimum Gasteiger partial charge on any atom is -0.506 e. The van der Waals surface area contributed by atoms with E-state index in [9.17, 15) is 10.2 Å². The maximum absolute atomic E-state index is 9.99. The Morgan fingerprint density at radius 2 is 2.18 bits per heavy atom. The van der Waals surface area contributed by atoms with Crippen molar-refractivity contribution in [3.8, 4) is 5.75 Å². The molecule has 1 aromatic rings. The molecule has 0 aliphatic heterocycles. The van der Waals surface area contributed by atoms with Gasteiger partial charge in [-0.3, -0.25) is 4.98 Å². The molecule has 4 nitrogen and oxygen atoms in total. The second-order valence-electron chi connectivity index (χ2n) is 4.51. The van der Waals surface area contributed by atoms with E-state index in [4.69, 9.17) is 5.73 Å². The molecule has 0 unspecified atom stereocenters. The van der Waals surface area contributed by atoms with Gasteiger partial charge in [-0.15, -0.1) is 12.4 Å². The van der Waals surface area contributed by atoms with Crippen LogP contribution in [-0.4, -0.2) is 15.2 Å². The molecule has 1 atom stereocenters. The zero-order valence-electron chi connectivity index (χ0n) is 9.89. The number of rotatable bonds is 3. The van der Waals surface area contributed by atoms with Crippen LogP contribution in [0.25, 0.3) is 0 Å². The van der Waals surface area contributed by atoms with E-state index in [1.165, 1.54) is 6.42 Å². The summed E-state index contributed by atoms with van der Waals surface area (Å²) in [5.41, 5.74) is 8.04. The normalized spacial score (nSPS) is 17.1. The Kier molecular flexibility index (Phi) is 4.74. The van der Waals surface area contributed by atoms with Crippen molar-refractivity contribution in [3.63, 3.8) is 0 Å². The van der Waals surface area contributed by atoms with Crippen LogP contribution < -0.4 is 5.73 Å². The number of aliphatic hydroxyl groups is 1. The predicted octanol–water partition coefficient (Wildman–Crippen LogP) is 1.81. The number of halogens is 1. The molecule has 0 amide bonds. The molecule has 4 N–H and O–H groups in total. The molecule has 2 rings (SSSR count). The van der Waals surface area contributed by atoms with E-state index in [0.29, 0.717) is 22.7 Å². The topological polar surface area (TPSA) is 79.4 Å². The van der Waals surface area contributed by atoms with E-state index in [0.717, 1.165) is 12.8 Å². The molecule has 5 heteroatoms. The van der Waals surface area contributed by atoms with Crippen LogP contribution >= 0.6 is 12.4 Å². The van der Waals surface area contributed by atoms with Crippen molar-refractivity contribution in [1.82, 2.24) is 4.98 Å². The highest BCUT2D eigenvalue weighted by Crippen LogP contribution is 2.40. The van der Waals surface area contributed by atoms with Crippen molar-refractivity contribution in [3.05, 3.63) is 23.0 Å². The molecular weight excluding hydrogens is 240 g/mol. The van der Waals surface area contributed by atoms with Crippen LogP contribution in [-0.2, 0) is 6.61 Å². The molecule has 96 valence electrons. The summed E-state index contributed by atoms with van der Waals surface area (Å²) in [7, 11) is 0. The molecule has 1 aliphatic rings. The number of aryl methyl sites for hydroxylation is 1. The Morgan fingerprint density at radius 3 is 2.65 bits per heavy atom. The fourth-order valence-corrected chi connectivity index (χ4v) is 2.18. The zero-order chi connectivity index (χ0) is 11.7. The summed E-state index contributed by atoms with van der Waals surface area (Å²) in [6.45, 7) is 1.62. The number of hydrogen-bond donors (Lipinski definition) is 3. The maximum atomic E-state index is 9.99. The van der Waals surface area contributed by atoms with Crippen molar-refractivity contribution in [2.75, 3.05) is 0 Å². The molecule has 1 fully saturated rings. The SMILES string of the molecule is Cc1ncc(CO)c([C@@H](N)C2CCC2)c1O.Cl. The fraction of sp³-hybridized carbons (Fsp3) is 0.583. The van der Waals surface area contributed by atoms with Gasteiger partial charge in [0.2, 0.25) is 0 Å². The number of aromatic nitrogens is 1. The van der Waals surface area contributed by atoms with Crippen molar-refractivity contribution in [2.24, 2.45) is 11.7 Å². The number of hydrogen-bond acceptors (Lipinski definition) is 4. The Hall–Kier alpha value is -0.840. The van der Waals surface area contributed by atoms with Gasteiger partial charge in [-0.05, 0) is 25.7 Å². The molecule has 1 aromatic heterocycles. The standard InChI is InChI=1S/C12H18N2O2.ClH/c1-7-12(16)10(9(6-15)5-14-7)11(13)8-3-2-4-8;/h5,8,11,15-16H,2-4,6,13H2,1H3;1H/t11-;/m0./s1. The van der Waals surface area contributed by atoms with Crippen LogP contribution in [0.15, 0.2) is 6.20 Å². The number of aliphatic hydroxyl groups excluding tert-OH is 1. The monoisotopic (exact) mass is 258 g/mol. The summed E-state index contributed by atoms with van der Waals surface area (Å²) in [5.74, 6) is 0.573. The van der Waals surface area contributed by atoms with Gasteiger partial charge in [-0.1, -0.05) is 6.42 Å². The highest BCUT2D eigenvalue weighted by Gasteiger charge is 2.29. The van der Waals surface area contributed by atoms with E-state index < -0.39 is 0 Å². The predicted molar refractivity (Wildman–Crippen MR) is 68.1 cm³/mol. The molecule has 0 spiro atoms. The van der Waals surface area contributed by atoms with Crippen molar-refractivity contribution >= 4 is 12.4 Å². The summed E-state index contributed by atoms with van der Waals surface area (Å²) < 4.78 is 0. The number of aromatic hydroxyl groups is 1. The van der Waals surface area contributed by atoms with Gasteiger partial charge < -0.3 is 15.9 Å². The van der Waals surface area contributed by atoms with Crippen LogP contribution in [0.4, 0.5) is 0 Å². The van der Waals surface area contributed by atoms with Gasteiger partial charge in [0.1, 0.15) is 5.75 Å². The number of nitrogens with zero attached hydrogens (tertiary/aromatic N) is 1. The minimum absolute atomic E-state index is 0. The first-order valence-electron chi connectivity index (χ1n) is 5.69. The fourth-order valence-electron chi connectivity index (χ4n) is 2.18. The first-order valence-corrected chi connectivity index (χ1v) is 5.69. The van der Waals surface area contributed by atoms with E-state index in [1.54, 1.807) is 13.1 Å². The largest absolute Gasteiger partial charge is 0.506 e. The summed E-state index contributed by atoms with van der Waals surface area (Å²) in [4.78, 5) is 4.03. The lowest BCUT2D eigenvalue weighted by Crippen LogP contribution is -2.28. The summed E-state index contributed by atoms with van der Waals surface area (Å²) in [6.07, 6.45) is 5.01. The second kappa shape index (κ2) is 5.67. The van der Waals surface area contributed by atoms with Crippen LogP contribution in [0.1, 0.15) is 42.1 Å². The summed E-state index contributed by atoms with van der Waals surface area (Å²) >= 11 is 0. The van der Waals surface area contributed by atoms with Crippen LogP contribution in [0.3, 0.4) is 0 Å². The first-order chi connectivity index (χ1) is 7.65. The lowest BCUT2D eigenvalue weighted by atomic mass is 9.76. The van der Waals surface area contributed by atoms with Gasteiger partial charge in [-0.2, -0.15) is 0 Å². The van der Waals surface area contributed by atoms with E-state index in [2.05, 4.69) is 4.98 Å². The lowest BCUT2D eigenvalue weighted by molar-refractivity contribution is 0.248. The Morgan fingerprint density at radius 1 is 1.53 bits per heavy atom. The van der Waals surface area contributed by atoms with Gasteiger partial charge in [0, 0.05) is 23.4 Å². The highest BCUT2D eigenvalue weighted by molar-refractivity contribution is 5.85. The van der Waals surface area contributed by atoms with Crippen molar-refractivity contribution in [1.29, 1.82) is 0 Å². The maximum Gasteiger partial charge on any atom is 0.141 e. The highest BCUT2D eigenvalue weighted by atomic mass is 35.5. The lowest BCUT2D eigenvalue weighted by Gasteiger charge is -2.32. The van der Waals surface area contributed by atoms with Crippen LogP contribution in [0.5, 0.6) is 5.75 Å². The van der Waals surface area contributed by atoms with E-state index >= 15 is 0 Å². The first kappa shape index (κ1) is 14.2. The minimum atomic E-state index is -0.183. The Bertz CT molecular complexity index is 394. The molecule has 0 aromatic carbocycles. The molecule has 0 bridgehead atoms. The number of nitrogens with two attached hydrogens (primary N) is 1. The molecule has 0 saturated heterocycles. The Balaban J connectivity index is 0.00000144. The van der Waals surface area contributed by atoms with E-state index in [1.807, 2.05) is 0 Å². The third-order valence-corrected chi connectivity index (χ3v) is 3.52. The average Bonchev–Trinajstić information content (AvgIpc) is 2.19.